The van der Waals surface area contributed by atoms with Crippen molar-refractivity contribution in [3.05, 3.63) is 29.1 Å². The SMILES string of the molecule is CC(C)c1cc(F)c(OC(=O)N2CCOCC2)c(C=O)c1. The normalized spacial score (nSPS) is 15.1. The third-order valence-corrected chi connectivity index (χ3v) is 3.35. The van der Waals surface area contributed by atoms with Gasteiger partial charge in [0.05, 0.1) is 18.8 Å². The number of aldehydes is 1. The van der Waals surface area contributed by atoms with Gasteiger partial charge in [0.1, 0.15) is 0 Å². The zero-order valence-corrected chi connectivity index (χ0v) is 12.1. The maximum atomic E-state index is 14.1. The molecule has 0 bridgehead atoms. The van der Waals surface area contributed by atoms with E-state index >= 15 is 0 Å². The Bertz CT molecular complexity index is 539. The number of rotatable bonds is 3. The number of morpholine rings is 1. The molecule has 1 amide bonds. The summed E-state index contributed by atoms with van der Waals surface area (Å²) in [5, 5.41) is 0. The van der Waals surface area contributed by atoms with E-state index < -0.39 is 11.9 Å². The van der Waals surface area contributed by atoms with Crippen molar-refractivity contribution in [2.45, 2.75) is 19.8 Å². The third kappa shape index (κ3) is 3.58. The number of carbonyl (C=O) groups is 2. The fourth-order valence-electron chi connectivity index (χ4n) is 2.06. The molecule has 0 aliphatic carbocycles. The number of carbonyl (C=O) groups excluding carboxylic acids is 2. The summed E-state index contributed by atoms with van der Waals surface area (Å²) in [6.45, 7) is 5.41. The first-order valence-electron chi connectivity index (χ1n) is 6.86. The van der Waals surface area contributed by atoms with Gasteiger partial charge < -0.3 is 14.4 Å². The smallest absolute Gasteiger partial charge is 0.406 e. The number of nitrogens with zero attached hydrogens (tertiary/aromatic N) is 1. The van der Waals surface area contributed by atoms with Gasteiger partial charge in [0.2, 0.25) is 0 Å². The van der Waals surface area contributed by atoms with Crippen LogP contribution in [0.3, 0.4) is 0 Å². The van der Waals surface area contributed by atoms with Gasteiger partial charge in [-0.1, -0.05) is 13.8 Å². The average Bonchev–Trinajstić information content (AvgIpc) is 2.49. The van der Waals surface area contributed by atoms with Crippen molar-refractivity contribution in [3.8, 4) is 5.75 Å². The molecule has 6 heteroatoms. The molecule has 1 aliphatic heterocycles. The van der Waals surface area contributed by atoms with Crippen LogP contribution in [0.25, 0.3) is 0 Å². The summed E-state index contributed by atoms with van der Waals surface area (Å²) in [5.74, 6) is -0.946. The van der Waals surface area contributed by atoms with Crippen LogP contribution in [0.15, 0.2) is 12.1 Å². The van der Waals surface area contributed by atoms with Gasteiger partial charge >= 0.3 is 6.09 Å². The Labute approximate surface area is 122 Å². The van der Waals surface area contributed by atoms with E-state index in [-0.39, 0.29) is 17.2 Å². The summed E-state index contributed by atoms with van der Waals surface area (Å²) >= 11 is 0. The number of hydrogen-bond acceptors (Lipinski definition) is 4. The summed E-state index contributed by atoms with van der Waals surface area (Å²) in [6.07, 6.45) is -0.172. The van der Waals surface area contributed by atoms with E-state index in [0.29, 0.717) is 38.2 Å². The maximum absolute atomic E-state index is 14.1. The van der Waals surface area contributed by atoms with Gasteiger partial charge in [-0.25, -0.2) is 9.18 Å². The van der Waals surface area contributed by atoms with E-state index in [1.54, 1.807) is 6.07 Å². The highest BCUT2D eigenvalue weighted by Gasteiger charge is 2.22. The van der Waals surface area contributed by atoms with E-state index in [1.807, 2.05) is 13.8 Å². The van der Waals surface area contributed by atoms with Crippen LogP contribution in [-0.2, 0) is 4.74 Å². The fourth-order valence-corrected chi connectivity index (χ4v) is 2.06. The van der Waals surface area contributed by atoms with Crippen molar-refractivity contribution in [3.63, 3.8) is 0 Å². The summed E-state index contributed by atoms with van der Waals surface area (Å²) in [5.41, 5.74) is 0.723. The first kappa shape index (κ1) is 15.4. The highest BCUT2D eigenvalue weighted by molar-refractivity contribution is 5.82. The Morgan fingerprint density at radius 1 is 1.38 bits per heavy atom. The second kappa shape index (κ2) is 6.67. The second-order valence-electron chi connectivity index (χ2n) is 5.16. The molecule has 0 unspecified atom stereocenters. The highest BCUT2D eigenvalue weighted by Crippen LogP contribution is 2.27. The van der Waals surface area contributed by atoms with Crippen LogP contribution in [0.4, 0.5) is 9.18 Å². The van der Waals surface area contributed by atoms with Gasteiger partial charge in [-0.15, -0.1) is 0 Å². The Morgan fingerprint density at radius 2 is 2.05 bits per heavy atom. The van der Waals surface area contributed by atoms with E-state index in [0.717, 1.165) is 0 Å². The van der Waals surface area contributed by atoms with Gasteiger partial charge in [-0.3, -0.25) is 4.79 Å². The van der Waals surface area contributed by atoms with Gasteiger partial charge in [0.15, 0.2) is 17.9 Å². The number of hydrogen-bond donors (Lipinski definition) is 0. The predicted molar refractivity (Wildman–Crippen MR) is 74.3 cm³/mol. The Hall–Kier alpha value is -1.95. The van der Waals surface area contributed by atoms with Crippen molar-refractivity contribution in [2.75, 3.05) is 26.3 Å². The molecule has 21 heavy (non-hydrogen) atoms. The summed E-state index contributed by atoms with van der Waals surface area (Å²) in [7, 11) is 0. The molecular weight excluding hydrogens is 277 g/mol. The average molecular weight is 295 g/mol. The molecule has 0 aromatic heterocycles. The second-order valence-corrected chi connectivity index (χ2v) is 5.16. The summed E-state index contributed by atoms with van der Waals surface area (Å²) in [4.78, 5) is 24.5. The highest BCUT2D eigenvalue weighted by atomic mass is 19.1. The molecule has 1 fully saturated rings. The predicted octanol–water partition coefficient (Wildman–Crippen LogP) is 2.59. The maximum Gasteiger partial charge on any atom is 0.415 e. The molecule has 2 rings (SSSR count). The summed E-state index contributed by atoms with van der Waals surface area (Å²) < 4.78 is 24.3. The molecule has 1 heterocycles. The van der Waals surface area contributed by atoms with E-state index in [4.69, 9.17) is 9.47 Å². The minimum Gasteiger partial charge on any atom is -0.406 e. The molecule has 5 nitrogen and oxygen atoms in total. The van der Waals surface area contributed by atoms with Crippen LogP contribution in [-0.4, -0.2) is 43.6 Å². The molecule has 0 atom stereocenters. The quantitative estimate of drug-likeness (QED) is 0.804. The first-order valence-corrected chi connectivity index (χ1v) is 6.86. The third-order valence-electron chi connectivity index (χ3n) is 3.35. The van der Waals surface area contributed by atoms with Crippen LogP contribution in [0.1, 0.15) is 35.7 Å². The molecule has 0 N–H and O–H groups in total. The number of benzene rings is 1. The first-order chi connectivity index (χ1) is 10.0. The van der Waals surface area contributed by atoms with Gasteiger partial charge in [0, 0.05) is 13.1 Å². The number of halogens is 1. The number of amides is 1. The van der Waals surface area contributed by atoms with Gasteiger partial charge in [-0.2, -0.15) is 0 Å². The molecule has 0 radical (unpaired) electrons. The number of ether oxygens (including phenoxy) is 2. The largest absolute Gasteiger partial charge is 0.415 e. The molecular formula is C15H18FNO4. The molecule has 1 aliphatic rings. The standard InChI is InChI=1S/C15H18FNO4/c1-10(2)11-7-12(9-18)14(13(16)8-11)21-15(19)17-3-5-20-6-4-17/h7-10H,3-6H2,1-2H3. The molecule has 0 saturated carbocycles. The van der Waals surface area contributed by atoms with Crippen LogP contribution >= 0.6 is 0 Å². The monoisotopic (exact) mass is 295 g/mol. The zero-order valence-electron chi connectivity index (χ0n) is 12.1. The summed E-state index contributed by atoms with van der Waals surface area (Å²) in [6, 6.07) is 2.84. The lowest BCUT2D eigenvalue weighted by Gasteiger charge is -2.26. The van der Waals surface area contributed by atoms with Gasteiger partial charge in [-0.05, 0) is 23.6 Å². The lowest BCUT2D eigenvalue weighted by atomic mass is 10.0. The zero-order chi connectivity index (χ0) is 15.4. The van der Waals surface area contributed by atoms with E-state index in [9.17, 15) is 14.0 Å². The van der Waals surface area contributed by atoms with Crippen molar-refractivity contribution in [2.24, 2.45) is 0 Å². The van der Waals surface area contributed by atoms with Crippen molar-refractivity contribution >= 4 is 12.4 Å². The molecule has 1 aromatic carbocycles. The van der Waals surface area contributed by atoms with Crippen LogP contribution < -0.4 is 4.74 Å². The fraction of sp³-hybridized carbons (Fsp3) is 0.467. The van der Waals surface area contributed by atoms with E-state index in [2.05, 4.69) is 0 Å². The minimum atomic E-state index is -0.704. The van der Waals surface area contributed by atoms with Crippen molar-refractivity contribution in [1.29, 1.82) is 0 Å². The lowest BCUT2D eigenvalue weighted by Crippen LogP contribution is -2.42. The molecule has 114 valence electrons. The van der Waals surface area contributed by atoms with Crippen molar-refractivity contribution in [1.82, 2.24) is 4.90 Å². The Morgan fingerprint density at radius 3 is 2.62 bits per heavy atom. The Kier molecular flexibility index (Phi) is 4.90. The Balaban J connectivity index is 2.22. The van der Waals surface area contributed by atoms with Crippen LogP contribution in [0, 0.1) is 5.82 Å². The molecule has 1 saturated heterocycles. The molecule has 0 spiro atoms. The lowest BCUT2D eigenvalue weighted by molar-refractivity contribution is 0.0411. The molecule has 1 aromatic rings. The van der Waals surface area contributed by atoms with Crippen LogP contribution in [0.2, 0.25) is 0 Å². The van der Waals surface area contributed by atoms with Crippen molar-refractivity contribution < 1.29 is 23.5 Å². The minimum absolute atomic E-state index is 0.0420. The van der Waals surface area contributed by atoms with Crippen LogP contribution in [0.5, 0.6) is 5.75 Å². The van der Waals surface area contributed by atoms with Gasteiger partial charge in [0.25, 0.3) is 0 Å². The van der Waals surface area contributed by atoms with E-state index in [1.165, 1.54) is 11.0 Å². The topological polar surface area (TPSA) is 55.8 Å².